The largest absolute Gasteiger partial charge is 0.462 e. The molecular formula is C23H23N5O5S. The van der Waals surface area contributed by atoms with Crippen LogP contribution in [0.3, 0.4) is 0 Å². The number of ether oxygens (including phenoxy) is 2. The van der Waals surface area contributed by atoms with Gasteiger partial charge < -0.3 is 14.0 Å². The van der Waals surface area contributed by atoms with Gasteiger partial charge in [0.15, 0.2) is 5.65 Å². The third-order valence-electron chi connectivity index (χ3n) is 5.26. The van der Waals surface area contributed by atoms with Crippen molar-refractivity contribution in [3.05, 3.63) is 66.4 Å². The summed E-state index contributed by atoms with van der Waals surface area (Å²) in [4.78, 5) is 25.4. The second-order valence-electron chi connectivity index (χ2n) is 7.36. The molecule has 0 aliphatic carbocycles. The normalized spacial score (nSPS) is 11.4. The smallest absolute Gasteiger partial charge is 0.341 e. The number of carbonyl (C=O) groups is 1. The second kappa shape index (κ2) is 9.10. The summed E-state index contributed by atoms with van der Waals surface area (Å²) in [6, 6.07) is 9.38. The van der Waals surface area contributed by atoms with E-state index in [1.165, 1.54) is 25.4 Å². The second-order valence-corrected chi connectivity index (χ2v) is 9.33. The minimum atomic E-state index is -4.06. The molecule has 0 saturated carbocycles. The van der Waals surface area contributed by atoms with Gasteiger partial charge in [0, 0.05) is 32.7 Å². The fraction of sp³-hybridized carbons (Fsp3) is 0.217. The maximum atomic E-state index is 13.5. The van der Waals surface area contributed by atoms with Gasteiger partial charge in [-0.15, -0.1) is 0 Å². The summed E-state index contributed by atoms with van der Waals surface area (Å²) in [5, 5.41) is 0. The molecule has 0 atom stereocenters. The first-order chi connectivity index (χ1) is 16.2. The molecule has 0 unspecified atom stereocenters. The van der Waals surface area contributed by atoms with E-state index in [0.717, 1.165) is 4.31 Å². The minimum Gasteiger partial charge on any atom is -0.462 e. The first-order valence-electron chi connectivity index (χ1n) is 10.4. The maximum absolute atomic E-state index is 13.5. The Kier molecular flexibility index (Phi) is 6.20. The predicted molar refractivity (Wildman–Crippen MR) is 126 cm³/mol. The van der Waals surface area contributed by atoms with Crippen molar-refractivity contribution in [2.45, 2.75) is 18.7 Å². The van der Waals surface area contributed by atoms with Crippen LogP contribution >= 0.6 is 0 Å². The number of fused-ring (bicyclic) bond motifs is 1. The summed E-state index contributed by atoms with van der Waals surface area (Å²) in [6.45, 7) is 3.57. The number of esters is 1. The number of imidazole rings is 1. The van der Waals surface area contributed by atoms with Crippen molar-refractivity contribution in [3.8, 4) is 11.5 Å². The van der Waals surface area contributed by atoms with Crippen molar-refractivity contribution in [3.63, 3.8) is 0 Å². The number of rotatable bonds is 7. The molecule has 3 heterocycles. The van der Waals surface area contributed by atoms with Crippen LogP contribution in [0.15, 0.2) is 59.9 Å². The molecule has 4 rings (SSSR count). The van der Waals surface area contributed by atoms with E-state index in [1.807, 2.05) is 0 Å². The topological polar surface area (TPSA) is 117 Å². The molecule has 0 spiro atoms. The fourth-order valence-corrected chi connectivity index (χ4v) is 4.62. The average Bonchev–Trinajstić information content (AvgIpc) is 3.12. The lowest BCUT2D eigenvalue weighted by Gasteiger charge is -2.22. The van der Waals surface area contributed by atoms with Crippen molar-refractivity contribution in [2.24, 2.45) is 7.05 Å². The fourth-order valence-electron chi connectivity index (χ4n) is 3.40. The number of nitrogens with zero attached hydrogens (tertiary/aromatic N) is 5. The van der Waals surface area contributed by atoms with Crippen LogP contribution < -0.4 is 9.04 Å². The van der Waals surface area contributed by atoms with Crippen molar-refractivity contribution >= 4 is 32.8 Å². The predicted octanol–water partition coefficient (Wildman–Crippen LogP) is 3.47. The zero-order chi connectivity index (χ0) is 24.5. The zero-order valence-electron chi connectivity index (χ0n) is 19.1. The van der Waals surface area contributed by atoms with Gasteiger partial charge in [0.05, 0.1) is 17.2 Å². The molecule has 0 saturated heterocycles. The SMILES string of the molecule is CCOC(=O)c1cnc2c(nc(C)n2C)c1N(C)S(=O)(=O)c1ccc(Oc2ccncc2)cc1. The third kappa shape index (κ3) is 4.17. The zero-order valence-corrected chi connectivity index (χ0v) is 19.9. The van der Waals surface area contributed by atoms with E-state index in [9.17, 15) is 13.2 Å². The third-order valence-corrected chi connectivity index (χ3v) is 7.03. The Morgan fingerprint density at radius 2 is 1.74 bits per heavy atom. The maximum Gasteiger partial charge on any atom is 0.341 e. The Morgan fingerprint density at radius 3 is 2.38 bits per heavy atom. The molecule has 11 heteroatoms. The number of sulfonamides is 1. The molecule has 34 heavy (non-hydrogen) atoms. The van der Waals surface area contributed by atoms with Crippen LogP contribution in [-0.2, 0) is 21.8 Å². The van der Waals surface area contributed by atoms with Crippen molar-refractivity contribution in [1.82, 2.24) is 19.5 Å². The van der Waals surface area contributed by atoms with E-state index >= 15 is 0 Å². The number of aryl methyl sites for hydroxylation is 2. The average molecular weight is 482 g/mol. The van der Waals surface area contributed by atoms with E-state index < -0.39 is 16.0 Å². The number of pyridine rings is 2. The van der Waals surface area contributed by atoms with E-state index in [-0.39, 0.29) is 28.3 Å². The van der Waals surface area contributed by atoms with Crippen LogP contribution in [0.2, 0.25) is 0 Å². The highest BCUT2D eigenvalue weighted by Crippen LogP contribution is 2.33. The van der Waals surface area contributed by atoms with Crippen LogP contribution in [0, 0.1) is 6.92 Å². The Hall–Kier alpha value is -3.99. The lowest BCUT2D eigenvalue weighted by Crippen LogP contribution is -2.29. The molecule has 4 aromatic rings. The van der Waals surface area contributed by atoms with Gasteiger partial charge in [0.25, 0.3) is 10.0 Å². The Bertz CT molecular complexity index is 1450. The van der Waals surface area contributed by atoms with Crippen LogP contribution in [-0.4, -0.2) is 47.6 Å². The Morgan fingerprint density at radius 1 is 1.09 bits per heavy atom. The molecule has 0 bridgehead atoms. The number of carbonyl (C=O) groups excluding carboxylic acids is 1. The van der Waals surface area contributed by atoms with Crippen LogP contribution in [0.4, 0.5) is 5.69 Å². The van der Waals surface area contributed by atoms with Crippen LogP contribution in [0.1, 0.15) is 23.1 Å². The van der Waals surface area contributed by atoms with E-state index in [1.54, 1.807) is 62.1 Å². The van der Waals surface area contributed by atoms with Gasteiger partial charge in [-0.3, -0.25) is 9.29 Å². The summed E-state index contributed by atoms with van der Waals surface area (Å²) in [7, 11) is -0.926. The van der Waals surface area contributed by atoms with E-state index in [2.05, 4.69) is 15.0 Å². The van der Waals surface area contributed by atoms with Gasteiger partial charge in [0.2, 0.25) is 0 Å². The monoisotopic (exact) mass is 481 g/mol. The van der Waals surface area contributed by atoms with Gasteiger partial charge >= 0.3 is 5.97 Å². The molecule has 0 N–H and O–H groups in total. The number of hydrogen-bond acceptors (Lipinski definition) is 8. The van der Waals surface area contributed by atoms with Crippen molar-refractivity contribution in [1.29, 1.82) is 0 Å². The van der Waals surface area contributed by atoms with Crippen LogP contribution in [0.25, 0.3) is 11.2 Å². The minimum absolute atomic E-state index is 0.0103. The number of benzene rings is 1. The molecule has 0 amide bonds. The summed E-state index contributed by atoms with van der Waals surface area (Å²) in [6.07, 6.45) is 4.51. The standard InChI is InChI=1S/C23H23N5O5S/c1-5-32-23(29)19-14-25-22-20(26-15(2)27(22)3)21(19)28(4)34(30,31)18-8-6-16(7-9-18)33-17-10-12-24-13-11-17/h6-14H,5H2,1-4H3. The molecule has 0 fully saturated rings. The summed E-state index contributed by atoms with van der Waals surface area (Å²) >= 11 is 0. The first kappa shape index (κ1) is 23.2. The summed E-state index contributed by atoms with van der Waals surface area (Å²) in [5.74, 6) is 0.977. The molecular weight excluding hydrogens is 458 g/mol. The quantitative estimate of drug-likeness (QED) is 0.369. The Balaban J connectivity index is 1.76. The molecule has 176 valence electrons. The Labute approximate surface area is 196 Å². The lowest BCUT2D eigenvalue weighted by atomic mass is 10.2. The highest BCUT2D eigenvalue weighted by Gasteiger charge is 2.30. The van der Waals surface area contributed by atoms with E-state index in [4.69, 9.17) is 9.47 Å². The van der Waals surface area contributed by atoms with Gasteiger partial charge in [-0.05, 0) is 50.2 Å². The number of aromatic nitrogens is 4. The summed E-state index contributed by atoms with van der Waals surface area (Å²) < 4.78 is 40.7. The number of hydrogen-bond donors (Lipinski definition) is 0. The molecule has 10 nitrogen and oxygen atoms in total. The molecule has 3 aromatic heterocycles. The van der Waals surface area contributed by atoms with Gasteiger partial charge in [0.1, 0.15) is 28.4 Å². The van der Waals surface area contributed by atoms with Gasteiger partial charge in [-0.1, -0.05) is 0 Å². The van der Waals surface area contributed by atoms with Crippen LogP contribution in [0.5, 0.6) is 11.5 Å². The molecule has 0 radical (unpaired) electrons. The molecule has 1 aromatic carbocycles. The van der Waals surface area contributed by atoms with Gasteiger partial charge in [-0.2, -0.15) is 0 Å². The molecule has 0 aliphatic rings. The lowest BCUT2D eigenvalue weighted by molar-refractivity contribution is 0.0527. The van der Waals surface area contributed by atoms with Crippen molar-refractivity contribution in [2.75, 3.05) is 18.0 Å². The first-order valence-corrected chi connectivity index (χ1v) is 11.8. The highest BCUT2D eigenvalue weighted by molar-refractivity contribution is 7.92. The summed E-state index contributed by atoms with van der Waals surface area (Å²) in [5.41, 5.74) is 0.846. The van der Waals surface area contributed by atoms with Crippen molar-refractivity contribution < 1.29 is 22.7 Å². The van der Waals surface area contributed by atoms with E-state index in [0.29, 0.717) is 23.0 Å². The molecule has 0 aliphatic heterocycles. The number of anilines is 1. The highest BCUT2D eigenvalue weighted by atomic mass is 32.2. The van der Waals surface area contributed by atoms with Gasteiger partial charge in [-0.25, -0.2) is 23.2 Å².